The average molecular weight is 248 g/mol. The van der Waals surface area contributed by atoms with Gasteiger partial charge >= 0.3 is 0 Å². The lowest BCUT2D eigenvalue weighted by Crippen LogP contribution is -1.93. The van der Waals surface area contributed by atoms with E-state index >= 15 is 0 Å². The molecule has 0 bridgehead atoms. The van der Waals surface area contributed by atoms with E-state index in [1.54, 1.807) is 25.1 Å². The summed E-state index contributed by atoms with van der Waals surface area (Å²) in [6, 6.07) is 12.3. The standard InChI is InChI=1S/C13H10ClNO2/c1-9-12(3-2-4-13(9)15(16)17)10-5-7-11(14)8-6-10/h2-8H,1H3. The van der Waals surface area contributed by atoms with Gasteiger partial charge in [0.25, 0.3) is 5.69 Å². The van der Waals surface area contributed by atoms with E-state index in [9.17, 15) is 10.1 Å². The summed E-state index contributed by atoms with van der Waals surface area (Å²) in [5.41, 5.74) is 2.59. The van der Waals surface area contributed by atoms with Crippen molar-refractivity contribution in [3.05, 3.63) is 63.2 Å². The molecular weight excluding hydrogens is 238 g/mol. The van der Waals surface area contributed by atoms with Crippen molar-refractivity contribution in [3.8, 4) is 11.1 Å². The van der Waals surface area contributed by atoms with Gasteiger partial charge in [-0.2, -0.15) is 0 Å². The molecule has 0 atom stereocenters. The van der Waals surface area contributed by atoms with Gasteiger partial charge in [-0.05, 0) is 30.2 Å². The zero-order valence-corrected chi connectivity index (χ0v) is 9.94. The van der Waals surface area contributed by atoms with Gasteiger partial charge in [-0.1, -0.05) is 35.9 Å². The first-order valence-electron chi connectivity index (χ1n) is 5.09. The van der Waals surface area contributed by atoms with E-state index < -0.39 is 0 Å². The number of rotatable bonds is 2. The van der Waals surface area contributed by atoms with Crippen molar-refractivity contribution >= 4 is 17.3 Å². The first kappa shape index (κ1) is 11.6. The molecule has 0 spiro atoms. The van der Waals surface area contributed by atoms with Crippen molar-refractivity contribution in [1.29, 1.82) is 0 Å². The normalized spacial score (nSPS) is 10.2. The maximum Gasteiger partial charge on any atom is 0.272 e. The van der Waals surface area contributed by atoms with Gasteiger partial charge in [-0.3, -0.25) is 10.1 Å². The Hall–Kier alpha value is -1.87. The third kappa shape index (κ3) is 2.29. The zero-order valence-electron chi connectivity index (χ0n) is 9.18. The minimum Gasteiger partial charge on any atom is -0.258 e. The second-order valence-corrected chi connectivity index (χ2v) is 4.15. The van der Waals surface area contributed by atoms with Gasteiger partial charge in [0.2, 0.25) is 0 Å². The van der Waals surface area contributed by atoms with Crippen LogP contribution in [0.25, 0.3) is 11.1 Å². The van der Waals surface area contributed by atoms with Crippen LogP contribution in [0.1, 0.15) is 5.56 Å². The number of hydrogen-bond donors (Lipinski definition) is 0. The SMILES string of the molecule is Cc1c(-c2ccc(Cl)cc2)cccc1[N+](=O)[O-]. The average Bonchev–Trinajstić information content (AvgIpc) is 2.30. The van der Waals surface area contributed by atoms with Crippen molar-refractivity contribution in [2.75, 3.05) is 0 Å². The highest BCUT2D eigenvalue weighted by molar-refractivity contribution is 6.30. The number of hydrogen-bond acceptors (Lipinski definition) is 2. The smallest absolute Gasteiger partial charge is 0.258 e. The summed E-state index contributed by atoms with van der Waals surface area (Å²) in [5, 5.41) is 11.5. The predicted octanol–water partition coefficient (Wildman–Crippen LogP) is 4.22. The molecule has 2 aromatic carbocycles. The topological polar surface area (TPSA) is 43.1 Å². The molecule has 0 aliphatic carbocycles. The summed E-state index contributed by atoms with van der Waals surface area (Å²) in [4.78, 5) is 10.5. The minimum absolute atomic E-state index is 0.137. The maximum absolute atomic E-state index is 10.8. The molecule has 0 saturated carbocycles. The van der Waals surface area contributed by atoms with E-state index in [2.05, 4.69) is 0 Å². The molecule has 2 rings (SSSR count). The molecule has 0 unspecified atom stereocenters. The fourth-order valence-corrected chi connectivity index (χ4v) is 1.89. The van der Waals surface area contributed by atoms with E-state index in [0.717, 1.165) is 11.1 Å². The van der Waals surface area contributed by atoms with Crippen molar-refractivity contribution in [3.63, 3.8) is 0 Å². The molecule has 0 radical (unpaired) electrons. The van der Waals surface area contributed by atoms with Crippen LogP contribution in [-0.2, 0) is 0 Å². The molecule has 17 heavy (non-hydrogen) atoms. The van der Waals surface area contributed by atoms with Gasteiger partial charge in [0.15, 0.2) is 0 Å². The quantitative estimate of drug-likeness (QED) is 0.589. The third-order valence-corrected chi connectivity index (χ3v) is 2.91. The van der Waals surface area contributed by atoms with Crippen molar-refractivity contribution in [1.82, 2.24) is 0 Å². The van der Waals surface area contributed by atoms with Gasteiger partial charge in [0.05, 0.1) is 4.92 Å². The summed E-state index contributed by atoms with van der Waals surface area (Å²) < 4.78 is 0. The summed E-state index contributed by atoms with van der Waals surface area (Å²) in [6.45, 7) is 1.75. The second-order valence-electron chi connectivity index (χ2n) is 3.71. The highest BCUT2D eigenvalue weighted by Crippen LogP contribution is 2.30. The molecule has 3 nitrogen and oxygen atoms in total. The molecule has 86 valence electrons. The summed E-state index contributed by atoms with van der Waals surface area (Å²) in [7, 11) is 0. The summed E-state index contributed by atoms with van der Waals surface area (Å²) in [5.74, 6) is 0. The van der Waals surface area contributed by atoms with Crippen molar-refractivity contribution in [2.45, 2.75) is 6.92 Å². The number of halogens is 1. The number of nitro groups is 1. The van der Waals surface area contributed by atoms with Crippen LogP contribution in [0.15, 0.2) is 42.5 Å². The van der Waals surface area contributed by atoms with E-state index in [1.807, 2.05) is 18.2 Å². The first-order valence-corrected chi connectivity index (χ1v) is 5.47. The van der Waals surface area contributed by atoms with Gasteiger partial charge in [-0.15, -0.1) is 0 Å². The summed E-state index contributed by atoms with van der Waals surface area (Å²) in [6.07, 6.45) is 0. The molecular formula is C13H10ClNO2. The van der Waals surface area contributed by atoms with E-state index in [-0.39, 0.29) is 10.6 Å². The lowest BCUT2D eigenvalue weighted by molar-refractivity contribution is -0.385. The first-order chi connectivity index (χ1) is 8.09. The third-order valence-electron chi connectivity index (χ3n) is 2.66. The molecule has 2 aromatic rings. The van der Waals surface area contributed by atoms with Crippen LogP contribution in [0.3, 0.4) is 0 Å². The number of nitro benzene ring substituents is 1. The Labute approximate surface area is 104 Å². The molecule has 0 heterocycles. The number of benzene rings is 2. The Morgan fingerprint density at radius 3 is 2.35 bits per heavy atom. The fourth-order valence-electron chi connectivity index (χ4n) is 1.76. The Kier molecular flexibility index (Phi) is 3.11. The molecule has 0 aromatic heterocycles. The van der Waals surface area contributed by atoms with Gasteiger partial charge in [-0.25, -0.2) is 0 Å². The van der Waals surface area contributed by atoms with E-state index in [0.29, 0.717) is 10.6 Å². The van der Waals surface area contributed by atoms with Crippen LogP contribution in [0.2, 0.25) is 5.02 Å². The monoisotopic (exact) mass is 247 g/mol. The van der Waals surface area contributed by atoms with E-state index in [1.165, 1.54) is 6.07 Å². The Balaban J connectivity index is 2.56. The number of nitrogens with zero attached hydrogens (tertiary/aromatic N) is 1. The van der Waals surface area contributed by atoms with Crippen molar-refractivity contribution < 1.29 is 4.92 Å². The Morgan fingerprint density at radius 2 is 1.76 bits per heavy atom. The second kappa shape index (κ2) is 4.55. The fraction of sp³-hybridized carbons (Fsp3) is 0.0769. The van der Waals surface area contributed by atoms with Crippen molar-refractivity contribution in [2.24, 2.45) is 0 Å². The minimum atomic E-state index is -0.366. The highest BCUT2D eigenvalue weighted by atomic mass is 35.5. The lowest BCUT2D eigenvalue weighted by atomic mass is 9.99. The van der Waals surface area contributed by atoms with Gasteiger partial charge < -0.3 is 0 Å². The van der Waals surface area contributed by atoms with Crippen LogP contribution < -0.4 is 0 Å². The summed E-state index contributed by atoms with van der Waals surface area (Å²) >= 11 is 5.81. The van der Waals surface area contributed by atoms with Gasteiger partial charge in [0, 0.05) is 16.7 Å². The zero-order chi connectivity index (χ0) is 12.4. The molecule has 0 N–H and O–H groups in total. The molecule has 0 aliphatic heterocycles. The van der Waals surface area contributed by atoms with Crippen LogP contribution in [0, 0.1) is 17.0 Å². The van der Waals surface area contributed by atoms with Gasteiger partial charge in [0.1, 0.15) is 0 Å². The molecule has 0 saturated heterocycles. The Morgan fingerprint density at radius 1 is 1.12 bits per heavy atom. The maximum atomic E-state index is 10.8. The lowest BCUT2D eigenvalue weighted by Gasteiger charge is -2.06. The molecule has 0 aliphatic rings. The largest absolute Gasteiger partial charge is 0.272 e. The Bertz CT molecular complexity index is 564. The van der Waals surface area contributed by atoms with Crippen LogP contribution in [0.5, 0.6) is 0 Å². The predicted molar refractivity (Wildman–Crippen MR) is 68.3 cm³/mol. The van der Waals surface area contributed by atoms with Crippen LogP contribution in [-0.4, -0.2) is 4.92 Å². The van der Waals surface area contributed by atoms with E-state index in [4.69, 9.17) is 11.6 Å². The highest BCUT2D eigenvalue weighted by Gasteiger charge is 2.13. The molecule has 0 amide bonds. The van der Waals surface area contributed by atoms with Crippen LogP contribution in [0.4, 0.5) is 5.69 Å². The molecule has 4 heteroatoms. The molecule has 0 fully saturated rings. The van der Waals surface area contributed by atoms with Crippen LogP contribution >= 0.6 is 11.6 Å².